The number of aromatic nitrogens is 1. The minimum atomic E-state index is -3.56. The zero-order chi connectivity index (χ0) is 14.8. The predicted octanol–water partition coefficient (Wildman–Crippen LogP) is 1.29. The van der Waals surface area contributed by atoms with Crippen LogP contribution in [-0.4, -0.2) is 37.5 Å². The van der Waals surface area contributed by atoms with Crippen molar-refractivity contribution in [2.75, 3.05) is 13.6 Å². The van der Waals surface area contributed by atoms with Gasteiger partial charge in [0.15, 0.2) is 5.76 Å². The number of nitrogens with zero attached hydrogens (tertiary/aromatic N) is 2. The molecule has 1 heterocycles. The van der Waals surface area contributed by atoms with Gasteiger partial charge in [-0.1, -0.05) is 19.0 Å². The molecule has 1 aromatic heterocycles. The predicted molar refractivity (Wildman–Crippen MR) is 73.2 cm³/mol. The van der Waals surface area contributed by atoms with Crippen molar-refractivity contribution in [1.29, 1.82) is 0 Å². The second-order valence-corrected chi connectivity index (χ2v) is 7.16. The topological polar surface area (TPSA) is 89.4 Å². The van der Waals surface area contributed by atoms with Gasteiger partial charge in [-0.3, -0.25) is 0 Å². The average Bonchev–Trinajstić information content (AvgIpc) is 2.65. The lowest BCUT2D eigenvalue weighted by Gasteiger charge is -2.21. The van der Waals surface area contributed by atoms with E-state index in [-0.39, 0.29) is 10.9 Å². The Morgan fingerprint density at radius 1 is 1.37 bits per heavy atom. The van der Waals surface area contributed by atoms with Gasteiger partial charge in [-0.15, -0.1) is 0 Å². The first kappa shape index (κ1) is 16.1. The van der Waals surface area contributed by atoms with Gasteiger partial charge in [-0.05, 0) is 26.2 Å². The number of nitrogens with two attached hydrogens (primary N) is 1. The molecule has 0 aliphatic heterocycles. The lowest BCUT2D eigenvalue weighted by Crippen LogP contribution is -2.35. The van der Waals surface area contributed by atoms with E-state index in [1.807, 2.05) is 13.8 Å². The molecule has 0 aliphatic rings. The van der Waals surface area contributed by atoms with E-state index in [0.29, 0.717) is 30.3 Å². The fourth-order valence-corrected chi connectivity index (χ4v) is 3.25. The maximum atomic E-state index is 12.4. The zero-order valence-corrected chi connectivity index (χ0v) is 13.0. The molecule has 0 amide bonds. The molecule has 0 spiro atoms. The Morgan fingerprint density at radius 2 is 1.95 bits per heavy atom. The van der Waals surface area contributed by atoms with Gasteiger partial charge in [0.25, 0.3) is 0 Å². The van der Waals surface area contributed by atoms with E-state index in [4.69, 9.17) is 10.3 Å². The van der Waals surface area contributed by atoms with Crippen LogP contribution in [0.5, 0.6) is 0 Å². The summed E-state index contributed by atoms with van der Waals surface area (Å²) in [5, 5.41) is 3.68. The molecule has 0 fully saturated rings. The molecule has 19 heavy (non-hydrogen) atoms. The molecule has 1 unspecified atom stereocenters. The van der Waals surface area contributed by atoms with Gasteiger partial charge in [-0.25, -0.2) is 12.7 Å². The highest BCUT2D eigenvalue weighted by Gasteiger charge is 2.28. The lowest BCUT2D eigenvalue weighted by atomic mass is 10.0. The SMILES string of the molecule is Cc1noc(C)c1S(=O)(=O)N(C)CCC(N)C(C)C. The van der Waals surface area contributed by atoms with Crippen LogP contribution < -0.4 is 5.73 Å². The molecule has 0 aliphatic carbocycles. The van der Waals surface area contributed by atoms with Crippen molar-refractivity contribution in [1.82, 2.24) is 9.46 Å². The molecule has 1 atom stereocenters. The third-order valence-corrected chi connectivity index (χ3v) is 5.37. The summed E-state index contributed by atoms with van der Waals surface area (Å²) in [5.74, 6) is 0.646. The second-order valence-electron chi connectivity index (χ2n) is 5.18. The molecule has 0 bridgehead atoms. The lowest BCUT2D eigenvalue weighted by molar-refractivity contribution is 0.386. The summed E-state index contributed by atoms with van der Waals surface area (Å²) in [7, 11) is -2.01. The van der Waals surface area contributed by atoms with Gasteiger partial charge in [0.05, 0.1) is 0 Å². The molecule has 7 heteroatoms. The van der Waals surface area contributed by atoms with E-state index in [1.54, 1.807) is 20.9 Å². The second kappa shape index (κ2) is 6.02. The first-order valence-corrected chi connectivity index (χ1v) is 7.76. The minimum absolute atomic E-state index is 0.0117. The first-order valence-electron chi connectivity index (χ1n) is 6.32. The first-order chi connectivity index (χ1) is 8.67. The average molecular weight is 289 g/mol. The van der Waals surface area contributed by atoms with Crippen LogP contribution in [0.25, 0.3) is 0 Å². The number of hydrogen-bond acceptors (Lipinski definition) is 5. The van der Waals surface area contributed by atoms with E-state index in [9.17, 15) is 8.42 Å². The maximum absolute atomic E-state index is 12.4. The largest absolute Gasteiger partial charge is 0.360 e. The molecule has 2 N–H and O–H groups in total. The minimum Gasteiger partial charge on any atom is -0.360 e. The van der Waals surface area contributed by atoms with Crippen LogP contribution in [0, 0.1) is 19.8 Å². The van der Waals surface area contributed by atoms with E-state index >= 15 is 0 Å². The summed E-state index contributed by atoms with van der Waals surface area (Å²) < 4.78 is 31.0. The Bertz CT molecular complexity index is 503. The van der Waals surface area contributed by atoms with Crippen LogP contribution in [0.3, 0.4) is 0 Å². The summed E-state index contributed by atoms with van der Waals surface area (Å²) in [6.07, 6.45) is 0.622. The van der Waals surface area contributed by atoms with Gasteiger partial charge in [0, 0.05) is 19.6 Å². The number of sulfonamides is 1. The fraction of sp³-hybridized carbons (Fsp3) is 0.750. The van der Waals surface area contributed by atoms with E-state index in [0.717, 1.165) is 0 Å². The van der Waals surface area contributed by atoms with Crippen molar-refractivity contribution in [3.05, 3.63) is 11.5 Å². The Hall–Kier alpha value is -0.920. The molecular formula is C12H23N3O3S. The van der Waals surface area contributed by atoms with Gasteiger partial charge in [0.1, 0.15) is 10.6 Å². The van der Waals surface area contributed by atoms with Crippen LogP contribution in [0.15, 0.2) is 9.42 Å². The van der Waals surface area contributed by atoms with E-state index in [1.165, 1.54) is 4.31 Å². The molecule has 0 saturated carbocycles. The summed E-state index contributed by atoms with van der Waals surface area (Å²) >= 11 is 0. The van der Waals surface area contributed by atoms with Crippen molar-refractivity contribution in [3.8, 4) is 0 Å². The number of hydrogen-bond donors (Lipinski definition) is 1. The molecule has 1 rings (SSSR count). The standard InChI is InChI=1S/C12H23N3O3S/c1-8(2)11(13)6-7-15(5)19(16,17)12-9(3)14-18-10(12)4/h8,11H,6-7,13H2,1-5H3. The van der Waals surface area contributed by atoms with E-state index < -0.39 is 10.0 Å². The van der Waals surface area contributed by atoms with Crippen LogP contribution >= 0.6 is 0 Å². The van der Waals surface area contributed by atoms with Crippen molar-refractivity contribution in [2.24, 2.45) is 11.7 Å². The highest BCUT2D eigenvalue weighted by atomic mass is 32.2. The Labute approximate surface area is 115 Å². The Morgan fingerprint density at radius 3 is 2.37 bits per heavy atom. The highest BCUT2D eigenvalue weighted by Crippen LogP contribution is 2.22. The highest BCUT2D eigenvalue weighted by molar-refractivity contribution is 7.89. The zero-order valence-electron chi connectivity index (χ0n) is 12.2. The third kappa shape index (κ3) is 3.55. The summed E-state index contributed by atoms with van der Waals surface area (Å²) in [5.41, 5.74) is 6.32. The number of aryl methyl sites for hydroxylation is 2. The van der Waals surface area contributed by atoms with Crippen LogP contribution in [-0.2, 0) is 10.0 Å². The molecular weight excluding hydrogens is 266 g/mol. The molecule has 110 valence electrons. The molecule has 0 radical (unpaired) electrons. The molecule has 0 aromatic carbocycles. The van der Waals surface area contributed by atoms with Gasteiger partial charge in [0.2, 0.25) is 10.0 Å². The van der Waals surface area contributed by atoms with Gasteiger partial charge < -0.3 is 10.3 Å². The van der Waals surface area contributed by atoms with Crippen LogP contribution in [0.1, 0.15) is 31.7 Å². The fourth-order valence-electron chi connectivity index (χ4n) is 1.78. The van der Waals surface area contributed by atoms with Gasteiger partial charge in [-0.2, -0.15) is 0 Å². The summed E-state index contributed by atoms with van der Waals surface area (Å²) in [6.45, 7) is 7.64. The Kier molecular flexibility index (Phi) is 5.11. The summed E-state index contributed by atoms with van der Waals surface area (Å²) in [4.78, 5) is 0.160. The van der Waals surface area contributed by atoms with Crippen molar-refractivity contribution >= 4 is 10.0 Å². The third-order valence-electron chi connectivity index (χ3n) is 3.27. The van der Waals surface area contributed by atoms with Gasteiger partial charge >= 0.3 is 0 Å². The van der Waals surface area contributed by atoms with Crippen molar-refractivity contribution < 1.29 is 12.9 Å². The molecule has 1 aromatic rings. The summed E-state index contributed by atoms with van der Waals surface area (Å²) in [6, 6.07) is -0.0117. The number of rotatable bonds is 6. The monoisotopic (exact) mass is 289 g/mol. The van der Waals surface area contributed by atoms with Crippen LogP contribution in [0.2, 0.25) is 0 Å². The van der Waals surface area contributed by atoms with E-state index in [2.05, 4.69) is 5.16 Å². The smallest absolute Gasteiger partial charge is 0.248 e. The maximum Gasteiger partial charge on any atom is 0.248 e. The van der Waals surface area contributed by atoms with Crippen LogP contribution in [0.4, 0.5) is 0 Å². The molecule has 0 saturated heterocycles. The Balaban J connectivity index is 2.84. The molecule has 6 nitrogen and oxygen atoms in total. The van der Waals surface area contributed by atoms with Crippen molar-refractivity contribution in [2.45, 2.75) is 45.1 Å². The van der Waals surface area contributed by atoms with Crippen molar-refractivity contribution in [3.63, 3.8) is 0 Å². The quantitative estimate of drug-likeness (QED) is 0.852. The normalized spacial score (nSPS) is 14.3.